The molecule has 0 aliphatic heterocycles. The molecule has 210 valence electrons. The van der Waals surface area contributed by atoms with Crippen LogP contribution in [0.2, 0.25) is 0 Å². The Balaban J connectivity index is 1.28. The normalized spacial score (nSPS) is 11.0. The van der Waals surface area contributed by atoms with Crippen LogP contribution in [0.4, 0.5) is 0 Å². The van der Waals surface area contributed by atoms with Crippen LogP contribution in [-0.4, -0.2) is 41.3 Å². The van der Waals surface area contributed by atoms with E-state index in [-0.39, 0.29) is 12.1 Å². The lowest BCUT2D eigenvalue weighted by Crippen LogP contribution is -2.28. The van der Waals surface area contributed by atoms with Crippen LogP contribution in [-0.2, 0) is 25.6 Å². The zero-order valence-electron chi connectivity index (χ0n) is 22.5. The second kappa shape index (κ2) is 12.6. The number of para-hydroxylation sites is 2. The number of rotatable bonds is 9. The van der Waals surface area contributed by atoms with Crippen molar-refractivity contribution < 1.29 is 28.3 Å². The van der Waals surface area contributed by atoms with Crippen LogP contribution in [0, 0.1) is 0 Å². The van der Waals surface area contributed by atoms with E-state index in [1.54, 1.807) is 53.3 Å². The van der Waals surface area contributed by atoms with Gasteiger partial charge in [-0.3, -0.25) is 4.79 Å². The number of amides is 1. The first-order valence-electron chi connectivity index (χ1n) is 12.9. The Morgan fingerprint density at radius 1 is 0.976 bits per heavy atom. The SMILES string of the molecule is COC(=O)c1ccc(CNC(=O)COC(=O)/C=C/c2cn(-c3ccccc3)nc2-c2cc3ccccc3oc2=O)cc1. The second-order valence-electron chi connectivity index (χ2n) is 9.10. The highest BCUT2D eigenvalue weighted by atomic mass is 16.5. The fourth-order valence-electron chi connectivity index (χ4n) is 4.13. The lowest BCUT2D eigenvalue weighted by atomic mass is 10.1. The van der Waals surface area contributed by atoms with Crippen molar-refractivity contribution in [2.75, 3.05) is 13.7 Å². The summed E-state index contributed by atoms with van der Waals surface area (Å²) in [5.41, 5.74) is 2.80. The largest absolute Gasteiger partial charge is 0.465 e. The van der Waals surface area contributed by atoms with E-state index >= 15 is 0 Å². The molecule has 5 aromatic rings. The van der Waals surface area contributed by atoms with Crippen molar-refractivity contribution in [1.29, 1.82) is 0 Å². The van der Waals surface area contributed by atoms with E-state index in [4.69, 9.17) is 9.15 Å². The molecule has 0 fully saturated rings. The summed E-state index contributed by atoms with van der Waals surface area (Å²) < 4.78 is 16.8. The van der Waals surface area contributed by atoms with Gasteiger partial charge in [-0.15, -0.1) is 0 Å². The van der Waals surface area contributed by atoms with Gasteiger partial charge in [0.05, 0.1) is 23.9 Å². The molecule has 2 aromatic heterocycles. The molecule has 1 N–H and O–H groups in total. The Hall–Kier alpha value is -5.77. The number of fused-ring (bicyclic) bond motifs is 1. The third kappa shape index (κ3) is 6.50. The number of hydrogen-bond acceptors (Lipinski definition) is 8. The molecule has 10 nitrogen and oxygen atoms in total. The molecule has 0 bridgehead atoms. The topological polar surface area (TPSA) is 130 Å². The van der Waals surface area contributed by atoms with Gasteiger partial charge in [0.1, 0.15) is 11.3 Å². The fraction of sp³-hybridized carbons (Fsp3) is 0.0938. The average Bonchev–Trinajstić information content (AvgIpc) is 3.45. The van der Waals surface area contributed by atoms with Crippen molar-refractivity contribution >= 4 is 34.9 Å². The van der Waals surface area contributed by atoms with Gasteiger partial charge < -0.3 is 19.2 Å². The number of ether oxygens (including phenoxy) is 2. The predicted molar refractivity (Wildman–Crippen MR) is 155 cm³/mol. The predicted octanol–water partition coefficient (Wildman–Crippen LogP) is 4.31. The van der Waals surface area contributed by atoms with Crippen LogP contribution < -0.4 is 10.9 Å². The Bertz CT molecular complexity index is 1840. The van der Waals surface area contributed by atoms with Gasteiger partial charge in [0.2, 0.25) is 0 Å². The van der Waals surface area contributed by atoms with E-state index in [1.807, 2.05) is 42.5 Å². The highest BCUT2D eigenvalue weighted by Crippen LogP contribution is 2.25. The molecule has 42 heavy (non-hydrogen) atoms. The zero-order chi connectivity index (χ0) is 29.5. The summed E-state index contributed by atoms with van der Waals surface area (Å²) in [4.78, 5) is 49.1. The minimum atomic E-state index is -0.753. The Kier molecular flexibility index (Phi) is 8.34. The molecule has 3 aromatic carbocycles. The van der Waals surface area contributed by atoms with Crippen molar-refractivity contribution in [3.8, 4) is 16.9 Å². The van der Waals surface area contributed by atoms with Gasteiger partial charge in [-0.1, -0.05) is 48.5 Å². The lowest BCUT2D eigenvalue weighted by Gasteiger charge is -2.06. The van der Waals surface area contributed by atoms with Gasteiger partial charge in [-0.05, 0) is 48.0 Å². The molecular formula is C32H25N3O7. The molecule has 10 heteroatoms. The monoisotopic (exact) mass is 563 g/mol. The number of esters is 2. The van der Waals surface area contributed by atoms with Crippen LogP contribution in [0.1, 0.15) is 21.5 Å². The Morgan fingerprint density at radius 2 is 1.71 bits per heavy atom. The number of hydrogen-bond donors (Lipinski definition) is 1. The van der Waals surface area contributed by atoms with Crippen molar-refractivity contribution in [3.05, 3.63) is 124 Å². The highest BCUT2D eigenvalue weighted by molar-refractivity contribution is 5.91. The number of benzene rings is 3. The third-order valence-corrected chi connectivity index (χ3v) is 6.27. The standard InChI is InChI=1S/C32H25N3O7/c1-40-31(38)22-13-11-21(12-14-22)18-33-28(36)20-41-29(37)16-15-24-19-35(25-8-3-2-4-9-25)34-30(24)26-17-23-7-5-6-10-27(23)42-32(26)39/h2-17,19H,18,20H2,1H3,(H,33,36)/b16-15+. The number of carbonyl (C=O) groups excluding carboxylic acids is 3. The molecular weight excluding hydrogens is 538 g/mol. The Labute approximate surface area is 239 Å². The van der Waals surface area contributed by atoms with Gasteiger partial charge in [0, 0.05) is 29.8 Å². The highest BCUT2D eigenvalue weighted by Gasteiger charge is 2.17. The molecule has 2 heterocycles. The van der Waals surface area contributed by atoms with Crippen molar-refractivity contribution in [2.24, 2.45) is 0 Å². The minimum Gasteiger partial charge on any atom is -0.465 e. The summed E-state index contributed by atoms with van der Waals surface area (Å²) >= 11 is 0. The van der Waals surface area contributed by atoms with Crippen LogP contribution in [0.15, 0.2) is 106 Å². The summed E-state index contributed by atoms with van der Waals surface area (Å²) in [6.45, 7) is -0.308. The second-order valence-corrected chi connectivity index (χ2v) is 9.10. The van der Waals surface area contributed by atoms with Crippen LogP contribution in [0.3, 0.4) is 0 Å². The van der Waals surface area contributed by atoms with Crippen LogP contribution in [0.25, 0.3) is 34.0 Å². The number of carbonyl (C=O) groups is 3. The van der Waals surface area contributed by atoms with Crippen molar-refractivity contribution in [1.82, 2.24) is 15.1 Å². The molecule has 0 aliphatic carbocycles. The zero-order valence-corrected chi connectivity index (χ0v) is 22.5. The molecule has 0 atom stereocenters. The van der Waals surface area contributed by atoms with E-state index in [1.165, 1.54) is 13.2 Å². The average molecular weight is 564 g/mol. The first kappa shape index (κ1) is 27.8. The van der Waals surface area contributed by atoms with Gasteiger partial charge in [0.15, 0.2) is 6.61 Å². The van der Waals surface area contributed by atoms with Crippen molar-refractivity contribution in [2.45, 2.75) is 6.54 Å². The van der Waals surface area contributed by atoms with Crippen molar-refractivity contribution in [3.63, 3.8) is 0 Å². The summed E-state index contributed by atoms with van der Waals surface area (Å²) in [6, 6.07) is 24.7. The lowest BCUT2D eigenvalue weighted by molar-refractivity contribution is -0.143. The summed E-state index contributed by atoms with van der Waals surface area (Å²) in [5.74, 6) is -1.71. The number of methoxy groups -OCH3 is 1. The minimum absolute atomic E-state index is 0.185. The maximum atomic E-state index is 12.9. The van der Waals surface area contributed by atoms with Gasteiger partial charge in [-0.2, -0.15) is 5.10 Å². The summed E-state index contributed by atoms with van der Waals surface area (Å²) in [5, 5.41) is 7.98. The molecule has 1 amide bonds. The van der Waals surface area contributed by atoms with Crippen LogP contribution in [0.5, 0.6) is 0 Å². The summed E-state index contributed by atoms with van der Waals surface area (Å²) in [7, 11) is 1.30. The molecule has 5 rings (SSSR count). The quantitative estimate of drug-likeness (QED) is 0.160. The van der Waals surface area contributed by atoms with Gasteiger partial charge >= 0.3 is 17.6 Å². The van der Waals surface area contributed by atoms with E-state index in [2.05, 4.69) is 15.2 Å². The Morgan fingerprint density at radius 3 is 2.48 bits per heavy atom. The maximum absolute atomic E-state index is 12.9. The molecule has 0 radical (unpaired) electrons. The fourth-order valence-corrected chi connectivity index (χ4v) is 4.13. The van der Waals surface area contributed by atoms with E-state index in [0.717, 1.165) is 22.7 Å². The van der Waals surface area contributed by atoms with E-state index in [9.17, 15) is 19.2 Å². The third-order valence-electron chi connectivity index (χ3n) is 6.27. The number of nitrogens with zero attached hydrogens (tertiary/aromatic N) is 2. The molecule has 0 unspecified atom stereocenters. The first-order valence-corrected chi connectivity index (χ1v) is 12.9. The number of nitrogens with one attached hydrogen (secondary N) is 1. The van der Waals surface area contributed by atoms with Gasteiger partial charge in [0.25, 0.3) is 5.91 Å². The van der Waals surface area contributed by atoms with E-state index in [0.29, 0.717) is 22.4 Å². The molecule has 0 spiro atoms. The maximum Gasteiger partial charge on any atom is 0.345 e. The molecule has 0 aliphatic rings. The summed E-state index contributed by atoms with van der Waals surface area (Å²) in [6.07, 6.45) is 4.32. The van der Waals surface area contributed by atoms with Crippen LogP contribution >= 0.6 is 0 Å². The van der Waals surface area contributed by atoms with E-state index < -0.39 is 30.1 Å². The molecule has 0 saturated carbocycles. The molecule has 0 saturated heterocycles. The number of aromatic nitrogens is 2. The first-order chi connectivity index (χ1) is 20.4. The van der Waals surface area contributed by atoms with Gasteiger partial charge in [-0.25, -0.2) is 19.1 Å². The smallest absolute Gasteiger partial charge is 0.345 e.